The number of amides is 3. The summed E-state index contributed by atoms with van der Waals surface area (Å²) in [5.74, 6) is -0.0234. The molecular formula is C21H26N4O3. The zero-order valence-electron chi connectivity index (χ0n) is 15.9. The van der Waals surface area contributed by atoms with Crippen molar-refractivity contribution in [1.82, 2.24) is 20.9 Å². The van der Waals surface area contributed by atoms with Gasteiger partial charge in [-0.2, -0.15) is 0 Å². The topological polar surface area (TPSA) is 90.5 Å². The van der Waals surface area contributed by atoms with Crippen LogP contribution in [0.5, 0.6) is 0 Å². The number of rotatable bonds is 4. The summed E-state index contributed by atoms with van der Waals surface area (Å²) >= 11 is 0. The van der Waals surface area contributed by atoms with Gasteiger partial charge in [-0.15, -0.1) is 0 Å². The zero-order chi connectivity index (χ0) is 19.3. The summed E-state index contributed by atoms with van der Waals surface area (Å²) < 4.78 is 0. The average molecular weight is 382 g/mol. The number of piperidine rings is 1. The number of nitrogens with one attached hydrogen (secondary N) is 3. The van der Waals surface area contributed by atoms with E-state index in [9.17, 15) is 14.4 Å². The van der Waals surface area contributed by atoms with Crippen LogP contribution in [0.2, 0.25) is 0 Å². The van der Waals surface area contributed by atoms with Crippen LogP contribution in [0.4, 0.5) is 0 Å². The number of imide groups is 1. The lowest BCUT2D eigenvalue weighted by Gasteiger charge is -2.29. The van der Waals surface area contributed by atoms with E-state index in [0.29, 0.717) is 37.5 Å². The van der Waals surface area contributed by atoms with Crippen LogP contribution in [-0.2, 0) is 22.7 Å². The van der Waals surface area contributed by atoms with Gasteiger partial charge in [-0.1, -0.05) is 24.6 Å². The number of fused-ring (bicyclic) bond motifs is 2. The summed E-state index contributed by atoms with van der Waals surface area (Å²) in [6, 6.07) is 6.49. The molecule has 3 heterocycles. The molecule has 7 nitrogen and oxygen atoms in total. The van der Waals surface area contributed by atoms with Gasteiger partial charge in [-0.3, -0.25) is 19.7 Å². The molecule has 3 N–H and O–H groups in total. The van der Waals surface area contributed by atoms with Crippen LogP contribution in [0.3, 0.4) is 0 Å². The van der Waals surface area contributed by atoms with Gasteiger partial charge in [0.15, 0.2) is 0 Å². The molecule has 4 unspecified atom stereocenters. The van der Waals surface area contributed by atoms with E-state index < -0.39 is 6.04 Å². The fourth-order valence-electron chi connectivity index (χ4n) is 5.46. The number of carbonyl (C=O) groups excluding carboxylic acids is 3. The minimum atomic E-state index is -0.559. The fourth-order valence-corrected chi connectivity index (χ4v) is 5.46. The Labute approximate surface area is 164 Å². The van der Waals surface area contributed by atoms with Crippen molar-refractivity contribution in [1.29, 1.82) is 0 Å². The van der Waals surface area contributed by atoms with Gasteiger partial charge in [0.1, 0.15) is 6.04 Å². The second-order valence-corrected chi connectivity index (χ2v) is 8.45. The summed E-state index contributed by atoms with van der Waals surface area (Å²) in [4.78, 5) is 38.4. The molecule has 1 aromatic carbocycles. The van der Waals surface area contributed by atoms with Gasteiger partial charge >= 0.3 is 0 Å². The molecule has 4 aliphatic rings. The molecule has 3 aliphatic heterocycles. The highest BCUT2D eigenvalue weighted by molar-refractivity contribution is 6.05. The minimum Gasteiger partial charge on any atom is -0.322 e. The van der Waals surface area contributed by atoms with Gasteiger partial charge in [0, 0.05) is 43.7 Å². The second kappa shape index (κ2) is 6.97. The second-order valence-electron chi connectivity index (χ2n) is 8.45. The normalized spacial score (nSPS) is 31.9. The summed E-state index contributed by atoms with van der Waals surface area (Å²) in [6.45, 7) is 2.08. The Kier molecular flexibility index (Phi) is 4.44. The van der Waals surface area contributed by atoms with E-state index in [4.69, 9.17) is 0 Å². The molecule has 1 saturated carbocycles. The van der Waals surface area contributed by atoms with Crippen LogP contribution < -0.4 is 16.0 Å². The van der Waals surface area contributed by atoms with Crippen molar-refractivity contribution in [2.24, 2.45) is 5.92 Å². The van der Waals surface area contributed by atoms with Crippen molar-refractivity contribution < 1.29 is 14.4 Å². The van der Waals surface area contributed by atoms with Gasteiger partial charge in [-0.25, -0.2) is 0 Å². The molecule has 3 fully saturated rings. The lowest BCUT2D eigenvalue weighted by atomic mass is 9.98. The van der Waals surface area contributed by atoms with Crippen LogP contribution in [-0.4, -0.2) is 47.3 Å². The van der Waals surface area contributed by atoms with E-state index in [-0.39, 0.29) is 24.1 Å². The highest BCUT2D eigenvalue weighted by Crippen LogP contribution is 2.33. The lowest BCUT2D eigenvalue weighted by molar-refractivity contribution is -0.136. The van der Waals surface area contributed by atoms with E-state index in [1.807, 2.05) is 18.2 Å². The third-order valence-electron chi connectivity index (χ3n) is 6.88. The van der Waals surface area contributed by atoms with Crippen LogP contribution in [0.1, 0.15) is 53.6 Å². The Morgan fingerprint density at radius 2 is 2.04 bits per heavy atom. The summed E-state index contributed by atoms with van der Waals surface area (Å²) in [7, 11) is 0. The number of carbonyl (C=O) groups is 3. The van der Waals surface area contributed by atoms with Crippen LogP contribution >= 0.6 is 0 Å². The first-order chi connectivity index (χ1) is 13.6. The molecule has 4 atom stereocenters. The molecule has 28 heavy (non-hydrogen) atoms. The zero-order valence-corrected chi connectivity index (χ0v) is 15.9. The van der Waals surface area contributed by atoms with Crippen molar-refractivity contribution in [3.05, 3.63) is 34.9 Å². The third-order valence-corrected chi connectivity index (χ3v) is 6.88. The Morgan fingerprint density at radius 1 is 1.14 bits per heavy atom. The number of benzene rings is 1. The molecule has 0 bridgehead atoms. The molecule has 3 amide bonds. The Morgan fingerprint density at radius 3 is 2.89 bits per heavy atom. The van der Waals surface area contributed by atoms with Crippen molar-refractivity contribution in [2.45, 2.75) is 63.3 Å². The first-order valence-electron chi connectivity index (χ1n) is 10.3. The molecule has 148 valence electrons. The SMILES string of the molecule is O=C1CCC(N2Cc3cccc(CNC4CNC5CCCC54)c3C2=O)C(=O)N1. The van der Waals surface area contributed by atoms with E-state index in [0.717, 1.165) is 23.2 Å². The first kappa shape index (κ1) is 17.8. The van der Waals surface area contributed by atoms with E-state index in [1.165, 1.54) is 19.3 Å². The van der Waals surface area contributed by atoms with Crippen molar-refractivity contribution in [3.63, 3.8) is 0 Å². The fraction of sp³-hybridized carbons (Fsp3) is 0.571. The van der Waals surface area contributed by atoms with Crippen molar-refractivity contribution in [3.8, 4) is 0 Å². The largest absolute Gasteiger partial charge is 0.322 e. The van der Waals surface area contributed by atoms with Crippen LogP contribution in [0, 0.1) is 5.92 Å². The smallest absolute Gasteiger partial charge is 0.255 e. The highest BCUT2D eigenvalue weighted by atomic mass is 16.2. The summed E-state index contributed by atoms with van der Waals surface area (Å²) in [6.07, 6.45) is 4.51. The number of nitrogens with zero attached hydrogens (tertiary/aromatic N) is 1. The van der Waals surface area contributed by atoms with Crippen LogP contribution in [0.25, 0.3) is 0 Å². The molecule has 1 aromatic rings. The maximum Gasteiger partial charge on any atom is 0.255 e. The highest BCUT2D eigenvalue weighted by Gasteiger charge is 2.41. The van der Waals surface area contributed by atoms with Crippen molar-refractivity contribution >= 4 is 17.7 Å². The molecule has 2 saturated heterocycles. The van der Waals surface area contributed by atoms with Gasteiger partial charge in [0.25, 0.3) is 5.91 Å². The van der Waals surface area contributed by atoms with Crippen molar-refractivity contribution in [2.75, 3.05) is 6.54 Å². The molecule has 0 radical (unpaired) electrons. The molecule has 0 spiro atoms. The van der Waals surface area contributed by atoms with E-state index in [2.05, 4.69) is 16.0 Å². The van der Waals surface area contributed by atoms with E-state index in [1.54, 1.807) is 4.90 Å². The van der Waals surface area contributed by atoms with E-state index >= 15 is 0 Å². The van der Waals surface area contributed by atoms with Gasteiger partial charge < -0.3 is 15.5 Å². The third kappa shape index (κ3) is 2.93. The molecule has 5 rings (SSSR count). The Balaban J connectivity index is 1.31. The van der Waals surface area contributed by atoms with Gasteiger partial charge in [-0.05, 0) is 36.3 Å². The molecule has 0 aromatic heterocycles. The first-order valence-corrected chi connectivity index (χ1v) is 10.3. The summed E-state index contributed by atoms with van der Waals surface area (Å²) in [5, 5.41) is 9.65. The molecule has 7 heteroatoms. The lowest BCUT2D eigenvalue weighted by Crippen LogP contribution is -2.52. The standard InChI is InChI=1S/C21H26N4O3/c26-18-8-7-17(20(27)24-18)25-11-13-4-1-3-12(19(13)21(25)28)9-22-16-10-23-15-6-2-5-14(15)16/h1,3-4,14-17,22-23H,2,5-11H2,(H,24,26,27). The molecule has 1 aliphatic carbocycles. The quantitative estimate of drug-likeness (QED) is 0.666. The minimum absolute atomic E-state index is 0.0924. The molecular weight excluding hydrogens is 356 g/mol. The van der Waals surface area contributed by atoms with Crippen LogP contribution in [0.15, 0.2) is 18.2 Å². The number of hydrogen-bond donors (Lipinski definition) is 3. The monoisotopic (exact) mass is 382 g/mol. The Hall–Kier alpha value is -2.25. The maximum absolute atomic E-state index is 13.1. The van der Waals surface area contributed by atoms with Gasteiger partial charge in [0.2, 0.25) is 11.8 Å². The average Bonchev–Trinajstić information content (AvgIpc) is 3.36. The number of hydrogen-bond acceptors (Lipinski definition) is 5. The Bertz CT molecular complexity index is 839. The van der Waals surface area contributed by atoms with Gasteiger partial charge in [0.05, 0.1) is 0 Å². The predicted molar refractivity (Wildman–Crippen MR) is 102 cm³/mol. The summed E-state index contributed by atoms with van der Waals surface area (Å²) in [5.41, 5.74) is 2.70. The maximum atomic E-state index is 13.1. The predicted octanol–water partition coefficient (Wildman–Crippen LogP) is 0.678.